The van der Waals surface area contributed by atoms with Gasteiger partial charge < -0.3 is 9.42 Å². The third-order valence-electron chi connectivity index (χ3n) is 5.06. The summed E-state index contributed by atoms with van der Waals surface area (Å²) in [6.07, 6.45) is 7.07. The lowest BCUT2D eigenvalue weighted by molar-refractivity contribution is -0.135. The van der Waals surface area contributed by atoms with E-state index in [0.717, 1.165) is 18.4 Å². The molecule has 0 radical (unpaired) electrons. The van der Waals surface area contributed by atoms with Crippen LogP contribution in [0.2, 0.25) is 5.02 Å². The Morgan fingerprint density at radius 3 is 2.59 bits per heavy atom. The van der Waals surface area contributed by atoms with E-state index in [1.54, 1.807) is 0 Å². The van der Waals surface area contributed by atoms with Crippen LogP contribution in [0.15, 0.2) is 28.8 Å². The largest absolute Gasteiger partial charge is 0.339 e. The number of carbonyl (C=O) groups excluding carboxylic acids is 1. The first kappa shape index (κ1) is 19.9. The molecule has 6 heteroatoms. The van der Waals surface area contributed by atoms with Gasteiger partial charge in [0.25, 0.3) is 0 Å². The van der Waals surface area contributed by atoms with Gasteiger partial charge in [0.1, 0.15) is 0 Å². The fourth-order valence-electron chi connectivity index (χ4n) is 3.66. The van der Waals surface area contributed by atoms with Crippen molar-refractivity contribution in [3.8, 4) is 11.4 Å². The van der Waals surface area contributed by atoms with Gasteiger partial charge in [-0.3, -0.25) is 4.79 Å². The molecule has 0 N–H and O–H groups in total. The molecule has 0 bridgehead atoms. The topological polar surface area (TPSA) is 59.2 Å². The first-order valence-corrected chi connectivity index (χ1v) is 10.3. The highest BCUT2D eigenvalue weighted by Gasteiger charge is 2.26. The Kier molecular flexibility index (Phi) is 6.89. The molecule has 1 aromatic heterocycles. The highest BCUT2D eigenvalue weighted by molar-refractivity contribution is 6.30. The standard InChI is InChI=1S/C21H28ClN3O2/c1-15(2)14-20(26)25(18-6-4-3-5-7-18)13-12-19-23-21(24-27-19)16-8-10-17(22)11-9-16/h8-11,15,18H,3-7,12-14H2,1-2H3. The summed E-state index contributed by atoms with van der Waals surface area (Å²) in [4.78, 5) is 19.3. The number of hydrogen-bond donors (Lipinski definition) is 0. The van der Waals surface area contributed by atoms with Gasteiger partial charge in [0, 0.05) is 36.0 Å². The molecule has 0 aliphatic heterocycles. The zero-order chi connectivity index (χ0) is 19.2. The summed E-state index contributed by atoms with van der Waals surface area (Å²) in [6.45, 7) is 4.82. The molecule has 1 aromatic carbocycles. The fourth-order valence-corrected chi connectivity index (χ4v) is 3.78. The van der Waals surface area contributed by atoms with Gasteiger partial charge in [0.2, 0.25) is 17.6 Å². The third kappa shape index (κ3) is 5.55. The highest BCUT2D eigenvalue weighted by Crippen LogP contribution is 2.24. The van der Waals surface area contributed by atoms with Crippen LogP contribution in [0.5, 0.6) is 0 Å². The average Bonchev–Trinajstić information content (AvgIpc) is 3.12. The van der Waals surface area contributed by atoms with Crippen LogP contribution in [0.25, 0.3) is 11.4 Å². The van der Waals surface area contributed by atoms with Crippen molar-refractivity contribution in [2.75, 3.05) is 6.54 Å². The van der Waals surface area contributed by atoms with Gasteiger partial charge in [-0.05, 0) is 43.0 Å². The predicted octanol–water partition coefficient (Wildman–Crippen LogP) is 5.14. The van der Waals surface area contributed by atoms with Crippen molar-refractivity contribution in [1.82, 2.24) is 15.0 Å². The fraction of sp³-hybridized carbons (Fsp3) is 0.571. The molecule has 1 aliphatic carbocycles. The van der Waals surface area contributed by atoms with E-state index in [1.807, 2.05) is 24.3 Å². The van der Waals surface area contributed by atoms with Gasteiger partial charge in [0.15, 0.2) is 0 Å². The van der Waals surface area contributed by atoms with Crippen molar-refractivity contribution >= 4 is 17.5 Å². The monoisotopic (exact) mass is 389 g/mol. The van der Waals surface area contributed by atoms with Gasteiger partial charge >= 0.3 is 0 Å². The molecule has 1 saturated carbocycles. The highest BCUT2D eigenvalue weighted by atomic mass is 35.5. The Hall–Kier alpha value is -1.88. The molecule has 3 rings (SSSR count). The summed E-state index contributed by atoms with van der Waals surface area (Å²) in [6, 6.07) is 7.71. The molecule has 0 atom stereocenters. The summed E-state index contributed by atoms with van der Waals surface area (Å²) in [5, 5.41) is 4.74. The zero-order valence-corrected chi connectivity index (χ0v) is 16.9. The third-order valence-corrected chi connectivity index (χ3v) is 5.31. The molecule has 0 saturated heterocycles. The number of rotatable bonds is 7. The van der Waals surface area contributed by atoms with Gasteiger partial charge in [-0.1, -0.05) is 49.9 Å². The van der Waals surface area contributed by atoms with E-state index < -0.39 is 0 Å². The lowest BCUT2D eigenvalue weighted by Crippen LogP contribution is -2.43. The van der Waals surface area contributed by atoms with Gasteiger partial charge in [-0.15, -0.1) is 0 Å². The molecule has 0 spiro atoms. The second-order valence-electron chi connectivity index (χ2n) is 7.75. The number of carbonyl (C=O) groups is 1. The Labute approximate surface area is 166 Å². The second kappa shape index (κ2) is 9.36. The number of amides is 1. The molecule has 1 amide bonds. The maximum absolute atomic E-state index is 12.8. The molecule has 27 heavy (non-hydrogen) atoms. The molecule has 1 heterocycles. The van der Waals surface area contributed by atoms with E-state index in [9.17, 15) is 4.79 Å². The normalized spacial score (nSPS) is 15.3. The Balaban J connectivity index is 1.65. The SMILES string of the molecule is CC(C)CC(=O)N(CCc1nc(-c2ccc(Cl)cc2)no1)C1CCCCC1. The van der Waals surface area contributed by atoms with E-state index in [2.05, 4.69) is 28.9 Å². The van der Waals surface area contributed by atoms with Crippen LogP contribution in [-0.2, 0) is 11.2 Å². The van der Waals surface area contributed by atoms with Crippen LogP contribution in [-0.4, -0.2) is 33.5 Å². The summed E-state index contributed by atoms with van der Waals surface area (Å²) in [5.74, 6) is 1.73. The Bertz CT molecular complexity index is 736. The number of aromatic nitrogens is 2. The van der Waals surface area contributed by atoms with E-state index >= 15 is 0 Å². The minimum Gasteiger partial charge on any atom is -0.339 e. The number of hydrogen-bond acceptors (Lipinski definition) is 4. The first-order valence-electron chi connectivity index (χ1n) is 9.91. The number of benzene rings is 1. The van der Waals surface area contributed by atoms with Gasteiger partial charge in [-0.2, -0.15) is 4.98 Å². The number of halogens is 1. The van der Waals surface area contributed by atoms with Crippen molar-refractivity contribution in [2.45, 2.75) is 64.8 Å². The van der Waals surface area contributed by atoms with Crippen LogP contribution < -0.4 is 0 Å². The molecular formula is C21H28ClN3O2. The summed E-state index contributed by atoms with van der Waals surface area (Å²) in [7, 11) is 0. The van der Waals surface area contributed by atoms with Gasteiger partial charge in [0.05, 0.1) is 0 Å². The van der Waals surface area contributed by atoms with E-state index in [-0.39, 0.29) is 5.91 Å². The van der Waals surface area contributed by atoms with Crippen LogP contribution >= 0.6 is 11.6 Å². The van der Waals surface area contributed by atoms with E-state index in [4.69, 9.17) is 16.1 Å². The van der Waals surface area contributed by atoms with Crippen LogP contribution in [0.4, 0.5) is 0 Å². The maximum atomic E-state index is 12.8. The Morgan fingerprint density at radius 1 is 1.22 bits per heavy atom. The minimum absolute atomic E-state index is 0.245. The lowest BCUT2D eigenvalue weighted by atomic mass is 9.93. The zero-order valence-electron chi connectivity index (χ0n) is 16.2. The predicted molar refractivity (Wildman–Crippen MR) is 106 cm³/mol. The molecule has 1 fully saturated rings. The van der Waals surface area contributed by atoms with Gasteiger partial charge in [-0.25, -0.2) is 0 Å². The number of nitrogens with zero attached hydrogens (tertiary/aromatic N) is 3. The maximum Gasteiger partial charge on any atom is 0.228 e. The Morgan fingerprint density at radius 2 is 1.93 bits per heavy atom. The summed E-state index contributed by atoms with van der Waals surface area (Å²) in [5.41, 5.74) is 0.870. The molecule has 146 valence electrons. The van der Waals surface area contributed by atoms with E-state index in [0.29, 0.717) is 48.1 Å². The van der Waals surface area contributed by atoms with E-state index in [1.165, 1.54) is 19.3 Å². The summed E-state index contributed by atoms with van der Waals surface area (Å²) < 4.78 is 5.42. The molecule has 1 aliphatic rings. The van der Waals surface area contributed by atoms with Crippen LogP contribution in [0.1, 0.15) is 58.3 Å². The molecular weight excluding hydrogens is 362 g/mol. The molecule has 5 nitrogen and oxygen atoms in total. The lowest BCUT2D eigenvalue weighted by Gasteiger charge is -2.34. The second-order valence-corrected chi connectivity index (χ2v) is 8.18. The van der Waals surface area contributed by atoms with Crippen molar-refractivity contribution in [2.24, 2.45) is 5.92 Å². The van der Waals surface area contributed by atoms with Crippen LogP contribution in [0.3, 0.4) is 0 Å². The minimum atomic E-state index is 0.245. The molecule has 0 unspecified atom stereocenters. The van der Waals surface area contributed by atoms with Crippen molar-refractivity contribution in [3.63, 3.8) is 0 Å². The van der Waals surface area contributed by atoms with Crippen molar-refractivity contribution in [3.05, 3.63) is 35.2 Å². The molecule has 2 aromatic rings. The van der Waals surface area contributed by atoms with Crippen LogP contribution in [0, 0.1) is 5.92 Å². The smallest absolute Gasteiger partial charge is 0.228 e. The average molecular weight is 390 g/mol. The van der Waals surface area contributed by atoms with Crippen molar-refractivity contribution in [1.29, 1.82) is 0 Å². The summed E-state index contributed by atoms with van der Waals surface area (Å²) >= 11 is 5.93. The van der Waals surface area contributed by atoms with Crippen molar-refractivity contribution < 1.29 is 9.32 Å². The first-order chi connectivity index (χ1) is 13.0. The quantitative estimate of drug-likeness (QED) is 0.657.